The van der Waals surface area contributed by atoms with Crippen LogP contribution in [0.2, 0.25) is 0 Å². The van der Waals surface area contributed by atoms with Crippen LogP contribution >= 0.6 is 23.1 Å². The summed E-state index contributed by atoms with van der Waals surface area (Å²) >= 11 is 3.54. The van der Waals surface area contributed by atoms with Gasteiger partial charge in [-0.2, -0.15) is 16.9 Å². The third-order valence-corrected chi connectivity index (χ3v) is 7.09. The van der Waals surface area contributed by atoms with E-state index in [4.69, 9.17) is 4.98 Å². The van der Waals surface area contributed by atoms with E-state index in [0.29, 0.717) is 11.5 Å². The lowest BCUT2D eigenvalue weighted by Crippen LogP contribution is -2.35. The van der Waals surface area contributed by atoms with Gasteiger partial charge in [-0.3, -0.25) is 4.79 Å². The predicted molar refractivity (Wildman–Crippen MR) is 119 cm³/mol. The van der Waals surface area contributed by atoms with E-state index < -0.39 is 0 Å². The molecule has 0 bridgehead atoms. The standard InChI is InChI=1S/C21H25N5OS2/c1-3-4-6-17-16(20(27)24-15-8-10-28-13-15)12-23-26(17)21-22-11-14(2)19(25-21)18-7-5-9-29-18/h5,7,9,11-12,15H,3-4,6,8,10,13H2,1-2H3,(H,24,27). The average Bonchev–Trinajstić information content (AvgIpc) is 3.48. The Hall–Kier alpha value is -2.19. The van der Waals surface area contributed by atoms with Crippen LogP contribution in [0.4, 0.5) is 0 Å². The maximum Gasteiger partial charge on any atom is 0.255 e. The van der Waals surface area contributed by atoms with Crippen molar-refractivity contribution in [1.29, 1.82) is 0 Å². The molecule has 1 unspecified atom stereocenters. The summed E-state index contributed by atoms with van der Waals surface area (Å²) in [4.78, 5) is 23.3. The second-order valence-electron chi connectivity index (χ2n) is 7.23. The van der Waals surface area contributed by atoms with E-state index in [2.05, 4.69) is 28.4 Å². The zero-order valence-corrected chi connectivity index (χ0v) is 18.4. The van der Waals surface area contributed by atoms with Gasteiger partial charge in [-0.05, 0) is 48.9 Å². The van der Waals surface area contributed by atoms with Gasteiger partial charge in [0.25, 0.3) is 11.9 Å². The van der Waals surface area contributed by atoms with Crippen LogP contribution in [0, 0.1) is 6.92 Å². The van der Waals surface area contributed by atoms with E-state index >= 15 is 0 Å². The zero-order valence-electron chi connectivity index (χ0n) is 16.7. The summed E-state index contributed by atoms with van der Waals surface area (Å²) in [5.41, 5.74) is 3.46. The molecule has 1 saturated heterocycles. The van der Waals surface area contributed by atoms with E-state index in [1.165, 1.54) is 0 Å². The SMILES string of the molecule is CCCCc1c(C(=O)NC2CCSC2)cnn1-c1ncc(C)c(-c2cccs2)n1. The van der Waals surface area contributed by atoms with Gasteiger partial charge in [0.2, 0.25) is 0 Å². The highest BCUT2D eigenvalue weighted by molar-refractivity contribution is 7.99. The monoisotopic (exact) mass is 427 g/mol. The summed E-state index contributed by atoms with van der Waals surface area (Å²) in [6.45, 7) is 4.16. The molecule has 1 fully saturated rings. The molecule has 152 valence electrons. The summed E-state index contributed by atoms with van der Waals surface area (Å²) in [6.07, 6.45) is 7.31. The van der Waals surface area contributed by atoms with E-state index in [-0.39, 0.29) is 11.9 Å². The Morgan fingerprint density at radius 3 is 3.00 bits per heavy atom. The Morgan fingerprint density at radius 1 is 1.38 bits per heavy atom. The highest BCUT2D eigenvalue weighted by Gasteiger charge is 2.24. The summed E-state index contributed by atoms with van der Waals surface area (Å²) in [6, 6.07) is 4.32. The Kier molecular flexibility index (Phi) is 6.30. The molecule has 3 aromatic heterocycles. The van der Waals surface area contributed by atoms with Gasteiger partial charge in [-0.15, -0.1) is 11.3 Å². The number of unbranched alkanes of at least 4 members (excludes halogenated alkanes) is 1. The van der Waals surface area contributed by atoms with Crippen molar-refractivity contribution in [3.05, 3.63) is 46.7 Å². The number of nitrogens with one attached hydrogen (secondary N) is 1. The number of nitrogens with zero attached hydrogens (tertiary/aromatic N) is 4. The lowest BCUT2D eigenvalue weighted by molar-refractivity contribution is 0.0940. The summed E-state index contributed by atoms with van der Waals surface area (Å²) < 4.78 is 1.74. The number of carbonyl (C=O) groups excluding carboxylic acids is 1. The van der Waals surface area contributed by atoms with Gasteiger partial charge in [0.1, 0.15) is 0 Å². The Morgan fingerprint density at radius 2 is 2.28 bits per heavy atom. The van der Waals surface area contributed by atoms with Crippen molar-refractivity contribution in [3.63, 3.8) is 0 Å². The van der Waals surface area contributed by atoms with Crippen molar-refractivity contribution in [3.8, 4) is 16.5 Å². The number of carbonyl (C=O) groups is 1. The second kappa shape index (κ2) is 9.09. The fourth-order valence-electron chi connectivity index (χ4n) is 3.43. The molecule has 8 heteroatoms. The fourth-order valence-corrected chi connectivity index (χ4v) is 5.36. The summed E-state index contributed by atoms with van der Waals surface area (Å²) in [5.74, 6) is 2.56. The van der Waals surface area contributed by atoms with E-state index in [1.807, 2.05) is 36.3 Å². The van der Waals surface area contributed by atoms with Crippen LogP contribution in [0.15, 0.2) is 29.9 Å². The van der Waals surface area contributed by atoms with Crippen molar-refractivity contribution in [2.45, 2.75) is 45.6 Å². The summed E-state index contributed by atoms with van der Waals surface area (Å²) in [5, 5.41) is 9.73. The summed E-state index contributed by atoms with van der Waals surface area (Å²) in [7, 11) is 0. The first-order chi connectivity index (χ1) is 14.2. The number of aryl methyl sites for hydroxylation is 1. The Labute approximate surface area is 179 Å². The topological polar surface area (TPSA) is 72.7 Å². The van der Waals surface area contributed by atoms with Gasteiger partial charge in [-0.25, -0.2) is 14.6 Å². The molecule has 0 aromatic carbocycles. The molecule has 4 rings (SSSR count). The first-order valence-corrected chi connectivity index (χ1v) is 12.0. The van der Waals surface area contributed by atoms with Crippen molar-refractivity contribution in [2.24, 2.45) is 0 Å². The normalized spacial score (nSPS) is 16.3. The molecular weight excluding hydrogens is 402 g/mol. The molecule has 1 aliphatic rings. The number of hydrogen-bond donors (Lipinski definition) is 1. The number of aromatic nitrogens is 4. The fraction of sp³-hybridized carbons (Fsp3) is 0.429. The number of thiophene rings is 1. The first kappa shape index (κ1) is 20.1. The van der Waals surface area contributed by atoms with Crippen molar-refractivity contribution in [2.75, 3.05) is 11.5 Å². The number of amides is 1. The molecule has 0 aliphatic carbocycles. The molecule has 0 spiro atoms. The number of thioether (sulfide) groups is 1. The largest absolute Gasteiger partial charge is 0.348 e. The van der Waals surface area contributed by atoms with Crippen LogP contribution in [-0.2, 0) is 6.42 Å². The van der Waals surface area contributed by atoms with Crippen LogP contribution in [0.5, 0.6) is 0 Å². The van der Waals surface area contributed by atoms with Gasteiger partial charge >= 0.3 is 0 Å². The molecule has 1 aliphatic heterocycles. The van der Waals surface area contributed by atoms with Gasteiger partial charge in [0.15, 0.2) is 0 Å². The smallest absolute Gasteiger partial charge is 0.255 e. The second-order valence-corrected chi connectivity index (χ2v) is 9.33. The molecule has 4 heterocycles. The molecular formula is C21H25N5OS2. The van der Waals surface area contributed by atoms with E-state index in [1.54, 1.807) is 22.2 Å². The van der Waals surface area contributed by atoms with Crippen LogP contribution in [-0.4, -0.2) is 43.2 Å². The van der Waals surface area contributed by atoms with E-state index in [9.17, 15) is 4.79 Å². The van der Waals surface area contributed by atoms with Crippen molar-refractivity contribution in [1.82, 2.24) is 25.1 Å². The third kappa shape index (κ3) is 4.38. The average molecular weight is 428 g/mol. The highest BCUT2D eigenvalue weighted by Crippen LogP contribution is 2.27. The van der Waals surface area contributed by atoms with Crippen molar-refractivity contribution < 1.29 is 4.79 Å². The van der Waals surface area contributed by atoms with Gasteiger partial charge in [0.05, 0.1) is 28.0 Å². The maximum absolute atomic E-state index is 12.9. The lowest BCUT2D eigenvalue weighted by atomic mass is 10.1. The quantitative estimate of drug-likeness (QED) is 0.609. The number of hydrogen-bond acceptors (Lipinski definition) is 6. The molecule has 0 radical (unpaired) electrons. The van der Waals surface area contributed by atoms with Gasteiger partial charge < -0.3 is 5.32 Å². The molecule has 6 nitrogen and oxygen atoms in total. The number of rotatable bonds is 7. The molecule has 1 atom stereocenters. The minimum atomic E-state index is -0.0413. The van der Waals surface area contributed by atoms with Crippen LogP contribution in [0.3, 0.4) is 0 Å². The first-order valence-electron chi connectivity index (χ1n) is 10.0. The molecule has 1 amide bonds. The maximum atomic E-state index is 12.9. The minimum absolute atomic E-state index is 0.0413. The van der Waals surface area contributed by atoms with Gasteiger partial charge in [-0.1, -0.05) is 19.4 Å². The Bertz CT molecular complexity index is 977. The zero-order chi connectivity index (χ0) is 20.2. The molecule has 1 N–H and O–H groups in total. The third-order valence-electron chi connectivity index (χ3n) is 5.05. The van der Waals surface area contributed by atoms with E-state index in [0.717, 1.165) is 59.0 Å². The Balaban J connectivity index is 1.69. The predicted octanol–water partition coefficient (Wildman–Crippen LogP) is 4.28. The van der Waals surface area contributed by atoms with Crippen LogP contribution in [0.25, 0.3) is 16.5 Å². The van der Waals surface area contributed by atoms with Crippen molar-refractivity contribution >= 4 is 29.0 Å². The van der Waals surface area contributed by atoms with Crippen LogP contribution < -0.4 is 5.32 Å². The lowest BCUT2D eigenvalue weighted by Gasteiger charge is -2.13. The van der Waals surface area contributed by atoms with Gasteiger partial charge in [0, 0.05) is 18.0 Å². The molecule has 0 saturated carbocycles. The molecule has 29 heavy (non-hydrogen) atoms. The van der Waals surface area contributed by atoms with Crippen LogP contribution in [0.1, 0.15) is 47.8 Å². The minimum Gasteiger partial charge on any atom is -0.348 e. The molecule has 3 aromatic rings. The highest BCUT2D eigenvalue weighted by atomic mass is 32.2.